The predicted octanol–water partition coefficient (Wildman–Crippen LogP) is 3.37. The second-order valence-corrected chi connectivity index (χ2v) is 6.15. The zero-order valence-electron chi connectivity index (χ0n) is 11.7. The van der Waals surface area contributed by atoms with Crippen molar-refractivity contribution in [1.82, 2.24) is 14.4 Å². The molecule has 3 aromatic rings. The summed E-state index contributed by atoms with van der Waals surface area (Å²) in [5.41, 5.74) is 2.75. The molecule has 0 radical (unpaired) electrons. The number of nitrogens with zero attached hydrogens (tertiary/aromatic N) is 4. The first-order valence-electron chi connectivity index (χ1n) is 7.35. The van der Waals surface area contributed by atoms with Gasteiger partial charge in [-0.3, -0.25) is 9.24 Å². The highest BCUT2D eigenvalue weighted by Crippen LogP contribution is 2.34. The van der Waals surface area contributed by atoms with Crippen LogP contribution in [0.3, 0.4) is 0 Å². The second-order valence-electron chi connectivity index (χ2n) is 5.72. The van der Waals surface area contributed by atoms with Gasteiger partial charge in [-0.2, -0.15) is 0 Å². The van der Waals surface area contributed by atoms with Gasteiger partial charge >= 0.3 is 0 Å². The fourth-order valence-electron chi connectivity index (χ4n) is 3.26. The summed E-state index contributed by atoms with van der Waals surface area (Å²) < 4.78 is 2.01. The van der Waals surface area contributed by atoms with E-state index >= 15 is 0 Å². The highest BCUT2D eigenvalue weighted by Gasteiger charge is 2.33. The Hall–Kier alpha value is -2.11. The molecule has 1 fully saturated rings. The van der Waals surface area contributed by atoms with Crippen LogP contribution < -0.4 is 5.06 Å². The van der Waals surface area contributed by atoms with Crippen LogP contribution in [0.25, 0.3) is 16.6 Å². The van der Waals surface area contributed by atoms with Gasteiger partial charge < -0.3 is 0 Å². The molecule has 22 heavy (non-hydrogen) atoms. The molecule has 110 valence electrons. The van der Waals surface area contributed by atoms with E-state index in [1.165, 1.54) is 0 Å². The van der Waals surface area contributed by atoms with E-state index in [1.807, 2.05) is 33.9 Å². The van der Waals surface area contributed by atoms with E-state index in [4.69, 9.17) is 21.4 Å². The van der Waals surface area contributed by atoms with Crippen LogP contribution in [-0.4, -0.2) is 26.5 Å². The van der Waals surface area contributed by atoms with Gasteiger partial charge in [0.05, 0.1) is 29.6 Å². The monoisotopic (exact) mass is 312 g/mol. The minimum absolute atomic E-state index is 0.149. The lowest BCUT2D eigenvalue weighted by Gasteiger charge is -2.41. The molecule has 4 heterocycles. The molecule has 3 aliphatic rings. The SMILES string of the molecule is Clc1ccc2nc(N3OC4C=CC3CC4)c3cncn3c2c1. The number of rotatable bonds is 1. The highest BCUT2D eigenvalue weighted by molar-refractivity contribution is 6.31. The summed E-state index contributed by atoms with van der Waals surface area (Å²) in [4.78, 5) is 15.1. The summed E-state index contributed by atoms with van der Waals surface area (Å²) in [5.74, 6) is 0.811. The van der Waals surface area contributed by atoms with Gasteiger partial charge in [-0.1, -0.05) is 23.8 Å². The Morgan fingerprint density at radius 3 is 2.91 bits per heavy atom. The molecule has 2 aromatic heterocycles. The van der Waals surface area contributed by atoms with Crippen molar-refractivity contribution in [3.05, 3.63) is 47.9 Å². The normalized spacial score (nSPS) is 23.8. The summed E-state index contributed by atoms with van der Waals surface area (Å²) in [6.07, 6.45) is 10.3. The van der Waals surface area contributed by atoms with Crippen molar-refractivity contribution >= 4 is 34.0 Å². The van der Waals surface area contributed by atoms with E-state index in [9.17, 15) is 0 Å². The highest BCUT2D eigenvalue weighted by atomic mass is 35.5. The second kappa shape index (κ2) is 4.44. The molecule has 1 aromatic carbocycles. The van der Waals surface area contributed by atoms with Crippen molar-refractivity contribution in [1.29, 1.82) is 0 Å². The smallest absolute Gasteiger partial charge is 0.179 e. The first kappa shape index (κ1) is 12.4. The van der Waals surface area contributed by atoms with Crippen molar-refractivity contribution in [3.8, 4) is 0 Å². The van der Waals surface area contributed by atoms with E-state index in [0.717, 1.165) is 35.2 Å². The maximum absolute atomic E-state index is 6.12. The lowest BCUT2D eigenvalue weighted by molar-refractivity contribution is 0.00265. The van der Waals surface area contributed by atoms with Crippen LogP contribution in [0.5, 0.6) is 0 Å². The van der Waals surface area contributed by atoms with Crippen LogP contribution in [0.1, 0.15) is 12.8 Å². The zero-order valence-corrected chi connectivity index (χ0v) is 12.4. The standard InChI is InChI=1S/C16H13ClN4O/c17-10-1-6-13-14(7-10)20-9-18-8-15(20)16(19-13)21-11-2-4-12(22-21)5-3-11/h1-2,4,6-9,11-12H,3,5H2. The van der Waals surface area contributed by atoms with E-state index < -0.39 is 0 Å². The molecule has 6 heteroatoms. The Bertz CT molecular complexity index is 919. The summed E-state index contributed by atoms with van der Waals surface area (Å²) in [6.45, 7) is 0. The van der Waals surface area contributed by atoms with Gasteiger partial charge in [0, 0.05) is 5.02 Å². The first-order valence-corrected chi connectivity index (χ1v) is 7.73. The van der Waals surface area contributed by atoms with E-state index in [2.05, 4.69) is 17.1 Å². The van der Waals surface area contributed by atoms with E-state index in [0.29, 0.717) is 5.02 Å². The number of fused-ring (bicyclic) bond motifs is 5. The van der Waals surface area contributed by atoms with Gasteiger partial charge in [-0.05, 0) is 31.0 Å². The molecular formula is C16H13ClN4O. The Morgan fingerprint density at radius 1 is 1.18 bits per heavy atom. The number of benzene rings is 1. The number of hydrogen-bond donors (Lipinski definition) is 0. The Morgan fingerprint density at radius 2 is 2.14 bits per heavy atom. The predicted molar refractivity (Wildman–Crippen MR) is 85.0 cm³/mol. The number of halogens is 1. The minimum atomic E-state index is 0.149. The molecule has 0 spiro atoms. The van der Waals surface area contributed by atoms with Crippen molar-refractivity contribution < 1.29 is 4.84 Å². The number of hydrogen-bond acceptors (Lipinski definition) is 4. The quantitative estimate of drug-likeness (QED) is 0.646. The summed E-state index contributed by atoms with van der Waals surface area (Å²) in [7, 11) is 0. The molecule has 1 saturated heterocycles. The third-order valence-corrected chi connectivity index (χ3v) is 4.58. The number of hydroxylamine groups is 1. The first-order chi connectivity index (χ1) is 10.8. The molecule has 6 rings (SSSR count). The van der Waals surface area contributed by atoms with Crippen LogP contribution in [0, 0.1) is 0 Å². The molecule has 0 amide bonds. The molecule has 2 unspecified atom stereocenters. The molecule has 2 aliphatic heterocycles. The van der Waals surface area contributed by atoms with Crippen LogP contribution in [-0.2, 0) is 4.84 Å². The zero-order chi connectivity index (χ0) is 14.7. The summed E-state index contributed by atoms with van der Waals surface area (Å²) >= 11 is 6.12. The lowest BCUT2D eigenvalue weighted by atomic mass is 9.98. The number of imidazole rings is 1. The van der Waals surface area contributed by atoms with Crippen LogP contribution >= 0.6 is 11.6 Å². The third kappa shape index (κ3) is 1.69. The Balaban J connectivity index is 1.78. The van der Waals surface area contributed by atoms with Crippen molar-refractivity contribution in [2.75, 3.05) is 5.06 Å². The van der Waals surface area contributed by atoms with Crippen LogP contribution in [0.2, 0.25) is 5.02 Å². The fraction of sp³-hybridized carbons (Fsp3) is 0.250. The summed E-state index contributed by atoms with van der Waals surface area (Å²) in [5, 5.41) is 2.62. The van der Waals surface area contributed by atoms with Crippen LogP contribution in [0.15, 0.2) is 42.9 Å². The maximum atomic E-state index is 6.12. The van der Waals surface area contributed by atoms with Crippen molar-refractivity contribution in [2.24, 2.45) is 0 Å². The van der Waals surface area contributed by atoms with Crippen molar-refractivity contribution in [3.63, 3.8) is 0 Å². The lowest BCUT2D eigenvalue weighted by Crippen LogP contribution is -2.46. The van der Waals surface area contributed by atoms with Gasteiger partial charge in [0.15, 0.2) is 5.82 Å². The largest absolute Gasteiger partial charge is 0.294 e. The third-order valence-electron chi connectivity index (χ3n) is 4.34. The van der Waals surface area contributed by atoms with Gasteiger partial charge in [-0.15, -0.1) is 0 Å². The molecule has 2 bridgehead atoms. The Kier molecular flexibility index (Phi) is 2.51. The Labute approximate surface area is 131 Å². The van der Waals surface area contributed by atoms with E-state index in [1.54, 1.807) is 6.33 Å². The molecule has 5 nitrogen and oxygen atoms in total. The van der Waals surface area contributed by atoms with E-state index in [-0.39, 0.29) is 12.1 Å². The van der Waals surface area contributed by atoms with Gasteiger partial charge in [-0.25, -0.2) is 15.0 Å². The maximum Gasteiger partial charge on any atom is 0.179 e. The molecule has 1 aliphatic carbocycles. The average molecular weight is 313 g/mol. The minimum Gasteiger partial charge on any atom is -0.294 e. The average Bonchev–Trinajstić information content (AvgIpc) is 3.05. The molecule has 0 N–H and O–H groups in total. The van der Waals surface area contributed by atoms with Crippen LogP contribution in [0.4, 0.5) is 5.82 Å². The molecule has 0 saturated carbocycles. The fourth-order valence-corrected chi connectivity index (χ4v) is 3.43. The number of aromatic nitrogens is 3. The topological polar surface area (TPSA) is 42.7 Å². The van der Waals surface area contributed by atoms with Gasteiger partial charge in [0.25, 0.3) is 0 Å². The molecule has 2 atom stereocenters. The summed E-state index contributed by atoms with van der Waals surface area (Å²) in [6, 6.07) is 5.93. The van der Waals surface area contributed by atoms with Gasteiger partial charge in [0.2, 0.25) is 0 Å². The molecular weight excluding hydrogens is 300 g/mol. The van der Waals surface area contributed by atoms with Gasteiger partial charge in [0.1, 0.15) is 11.6 Å². The van der Waals surface area contributed by atoms with Crippen molar-refractivity contribution in [2.45, 2.75) is 25.0 Å². The number of anilines is 1.